The van der Waals surface area contributed by atoms with E-state index < -0.39 is 0 Å². The monoisotopic (exact) mass is 475 g/mol. The van der Waals surface area contributed by atoms with Crippen LogP contribution in [0, 0.1) is 0 Å². The van der Waals surface area contributed by atoms with Crippen molar-refractivity contribution in [1.82, 2.24) is 20.1 Å². The molecule has 2 aromatic heterocycles. The summed E-state index contributed by atoms with van der Waals surface area (Å²) in [6, 6.07) is 19.7. The third-order valence-electron chi connectivity index (χ3n) is 5.65. The van der Waals surface area contributed by atoms with Gasteiger partial charge >= 0.3 is 0 Å². The van der Waals surface area contributed by atoms with Crippen molar-refractivity contribution in [2.75, 3.05) is 18.0 Å². The molecule has 0 bridgehead atoms. The van der Waals surface area contributed by atoms with Crippen LogP contribution in [0.5, 0.6) is 0 Å². The predicted molar refractivity (Wildman–Crippen MR) is 136 cm³/mol. The van der Waals surface area contributed by atoms with E-state index in [1.165, 1.54) is 5.69 Å². The molecule has 1 amide bonds. The number of hydrogen-bond donors (Lipinski definition) is 1. The summed E-state index contributed by atoms with van der Waals surface area (Å²) in [5.41, 5.74) is 3.91. The maximum Gasteiger partial charge on any atom is 0.251 e. The van der Waals surface area contributed by atoms with Crippen molar-refractivity contribution < 1.29 is 9.21 Å². The maximum atomic E-state index is 12.5. The molecule has 7 nitrogen and oxygen atoms in total. The molecule has 0 aliphatic heterocycles. The van der Waals surface area contributed by atoms with E-state index in [1.807, 2.05) is 41.9 Å². The minimum absolute atomic E-state index is 0.127. The third-order valence-corrected chi connectivity index (χ3v) is 6.74. The number of amides is 1. The van der Waals surface area contributed by atoms with Gasteiger partial charge in [-0.2, -0.15) is 0 Å². The zero-order valence-corrected chi connectivity index (χ0v) is 20.5. The summed E-state index contributed by atoms with van der Waals surface area (Å²) >= 11 is 1.60. The first-order valence-electron chi connectivity index (χ1n) is 11.4. The molecule has 0 saturated heterocycles. The van der Waals surface area contributed by atoms with Gasteiger partial charge in [0.2, 0.25) is 0 Å². The number of furan rings is 1. The van der Waals surface area contributed by atoms with Gasteiger partial charge in [-0.3, -0.25) is 4.79 Å². The summed E-state index contributed by atoms with van der Waals surface area (Å²) in [4.78, 5) is 14.8. The van der Waals surface area contributed by atoms with Crippen molar-refractivity contribution in [3.8, 4) is 11.4 Å². The SMILES string of the molecule is CCN(CC)c1ccc(-c2nnc(SCc3cccc(C(=O)NCc4ccco4)c3)n2C)cc1. The molecule has 0 radical (unpaired) electrons. The van der Waals surface area contributed by atoms with Gasteiger partial charge < -0.3 is 19.2 Å². The van der Waals surface area contributed by atoms with Crippen LogP contribution in [0.2, 0.25) is 0 Å². The molecule has 2 aromatic carbocycles. The van der Waals surface area contributed by atoms with Crippen LogP contribution in [0.4, 0.5) is 5.69 Å². The van der Waals surface area contributed by atoms with E-state index in [4.69, 9.17) is 4.42 Å². The number of aromatic nitrogens is 3. The normalized spacial score (nSPS) is 10.9. The Labute approximate surface area is 204 Å². The number of thioether (sulfide) groups is 1. The quantitative estimate of drug-likeness (QED) is 0.320. The van der Waals surface area contributed by atoms with Gasteiger partial charge in [0.15, 0.2) is 11.0 Å². The van der Waals surface area contributed by atoms with Gasteiger partial charge in [-0.1, -0.05) is 23.9 Å². The van der Waals surface area contributed by atoms with Crippen LogP contribution in [-0.4, -0.2) is 33.8 Å². The Morgan fingerprint density at radius 3 is 2.56 bits per heavy atom. The number of nitrogens with one attached hydrogen (secondary N) is 1. The number of rotatable bonds is 10. The van der Waals surface area contributed by atoms with Gasteiger partial charge in [-0.05, 0) is 67.9 Å². The fraction of sp³-hybridized carbons (Fsp3) is 0.269. The van der Waals surface area contributed by atoms with Crippen LogP contribution in [0.1, 0.15) is 35.5 Å². The fourth-order valence-corrected chi connectivity index (χ4v) is 4.59. The Kier molecular flexibility index (Phi) is 7.69. The molecule has 34 heavy (non-hydrogen) atoms. The fourth-order valence-electron chi connectivity index (χ4n) is 3.73. The Hall–Kier alpha value is -3.52. The van der Waals surface area contributed by atoms with Gasteiger partial charge in [0, 0.05) is 42.7 Å². The van der Waals surface area contributed by atoms with Crippen LogP contribution in [0.15, 0.2) is 76.5 Å². The summed E-state index contributed by atoms with van der Waals surface area (Å²) in [5.74, 6) is 2.12. The number of hydrogen-bond acceptors (Lipinski definition) is 6. The van der Waals surface area contributed by atoms with E-state index >= 15 is 0 Å². The highest BCUT2D eigenvalue weighted by Crippen LogP contribution is 2.27. The van der Waals surface area contributed by atoms with Crippen LogP contribution in [0.25, 0.3) is 11.4 Å². The Balaban J connectivity index is 1.39. The van der Waals surface area contributed by atoms with E-state index in [1.54, 1.807) is 24.1 Å². The molecule has 4 rings (SSSR count). The Morgan fingerprint density at radius 1 is 1.06 bits per heavy atom. The van der Waals surface area contributed by atoms with E-state index in [0.717, 1.165) is 41.0 Å². The number of carbonyl (C=O) groups is 1. The average molecular weight is 476 g/mol. The Bertz CT molecular complexity index is 1210. The van der Waals surface area contributed by atoms with Crippen LogP contribution in [-0.2, 0) is 19.3 Å². The van der Waals surface area contributed by atoms with Crippen molar-refractivity contribution in [2.45, 2.75) is 31.3 Å². The molecule has 0 atom stereocenters. The smallest absolute Gasteiger partial charge is 0.251 e. The number of nitrogens with zero attached hydrogens (tertiary/aromatic N) is 4. The summed E-state index contributed by atoms with van der Waals surface area (Å²) in [6.07, 6.45) is 1.60. The summed E-state index contributed by atoms with van der Waals surface area (Å²) < 4.78 is 7.28. The lowest BCUT2D eigenvalue weighted by atomic mass is 10.1. The number of anilines is 1. The summed E-state index contributed by atoms with van der Waals surface area (Å²) in [7, 11) is 1.98. The average Bonchev–Trinajstić information content (AvgIpc) is 3.52. The van der Waals surface area contributed by atoms with Gasteiger partial charge in [0.1, 0.15) is 5.76 Å². The second-order valence-electron chi connectivity index (χ2n) is 7.84. The highest BCUT2D eigenvalue weighted by molar-refractivity contribution is 7.98. The van der Waals surface area contributed by atoms with Crippen molar-refractivity contribution in [2.24, 2.45) is 7.05 Å². The lowest BCUT2D eigenvalue weighted by molar-refractivity contribution is 0.0948. The van der Waals surface area contributed by atoms with E-state index in [0.29, 0.717) is 17.9 Å². The zero-order valence-electron chi connectivity index (χ0n) is 19.7. The molecule has 8 heteroatoms. The van der Waals surface area contributed by atoms with E-state index in [-0.39, 0.29) is 5.91 Å². The van der Waals surface area contributed by atoms with Crippen molar-refractivity contribution in [1.29, 1.82) is 0 Å². The standard InChI is InChI=1S/C26H29N5O2S/c1-4-31(5-2)22-13-11-20(12-14-22)24-28-29-26(30(24)3)34-18-19-8-6-9-21(16-19)25(32)27-17-23-10-7-15-33-23/h6-16H,4-5,17-18H2,1-3H3,(H,27,32). The molecule has 0 aliphatic carbocycles. The summed E-state index contributed by atoms with van der Waals surface area (Å²) in [5, 5.41) is 12.5. The van der Waals surface area contributed by atoms with Gasteiger partial charge in [-0.25, -0.2) is 0 Å². The van der Waals surface area contributed by atoms with Gasteiger partial charge in [0.05, 0.1) is 12.8 Å². The largest absolute Gasteiger partial charge is 0.467 e. The summed E-state index contributed by atoms with van der Waals surface area (Å²) in [6.45, 7) is 6.64. The predicted octanol–water partition coefficient (Wildman–Crippen LogP) is 5.14. The topological polar surface area (TPSA) is 76.2 Å². The highest BCUT2D eigenvalue weighted by Gasteiger charge is 2.13. The lowest BCUT2D eigenvalue weighted by Crippen LogP contribution is -2.22. The van der Waals surface area contributed by atoms with E-state index in [9.17, 15) is 4.79 Å². The van der Waals surface area contributed by atoms with Gasteiger partial charge in [0.25, 0.3) is 5.91 Å². The molecule has 0 aliphatic rings. The minimum atomic E-state index is -0.127. The van der Waals surface area contributed by atoms with Crippen molar-refractivity contribution in [3.05, 3.63) is 83.8 Å². The first-order valence-corrected chi connectivity index (χ1v) is 12.3. The molecule has 2 heterocycles. The van der Waals surface area contributed by atoms with E-state index in [2.05, 4.69) is 58.5 Å². The second-order valence-corrected chi connectivity index (χ2v) is 8.78. The maximum absolute atomic E-state index is 12.5. The van der Waals surface area contributed by atoms with Crippen LogP contribution in [0.3, 0.4) is 0 Å². The molecule has 0 fully saturated rings. The highest BCUT2D eigenvalue weighted by atomic mass is 32.2. The lowest BCUT2D eigenvalue weighted by Gasteiger charge is -2.21. The van der Waals surface area contributed by atoms with Crippen LogP contribution >= 0.6 is 11.8 Å². The molecule has 0 spiro atoms. The van der Waals surface area contributed by atoms with Crippen molar-refractivity contribution in [3.63, 3.8) is 0 Å². The Morgan fingerprint density at radius 2 is 1.85 bits per heavy atom. The number of carbonyl (C=O) groups excluding carboxylic acids is 1. The number of benzene rings is 2. The molecular formula is C26H29N5O2S. The molecule has 0 unspecified atom stereocenters. The third kappa shape index (κ3) is 5.51. The minimum Gasteiger partial charge on any atom is -0.467 e. The van der Waals surface area contributed by atoms with Crippen LogP contribution < -0.4 is 10.2 Å². The van der Waals surface area contributed by atoms with Gasteiger partial charge in [-0.15, -0.1) is 10.2 Å². The first kappa shape index (κ1) is 23.6. The molecule has 0 saturated carbocycles. The zero-order chi connectivity index (χ0) is 23.9. The molecule has 4 aromatic rings. The molecule has 1 N–H and O–H groups in total. The first-order chi connectivity index (χ1) is 16.6. The molecular weight excluding hydrogens is 446 g/mol. The second kappa shape index (κ2) is 11.1. The molecule has 176 valence electrons. The van der Waals surface area contributed by atoms with Crippen molar-refractivity contribution >= 4 is 23.4 Å².